The third-order valence-corrected chi connectivity index (χ3v) is 3.49. The highest BCUT2D eigenvalue weighted by Gasteiger charge is 2.30. The monoisotopic (exact) mass is 288 g/mol. The second kappa shape index (κ2) is 4.80. The third kappa shape index (κ3) is 2.12. The first kappa shape index (κ1) is 10.3. The van der Waals surface area contributed by atoms with Crippen LogP contribution in [0.15, 0.2) is 23.0 Å². The number of carbonyl (C=O) groups excluding carboxylic acids is 2. The van der Waals surface area contributed by atoms with Gasteiger partial charge in [0.15, 0.2) is 5.78 Å². The van der Waals surface area contributed by atoms with Crippen molar-refractivity contribution < 1.29 is 13.7 Å². The van der Waals surface area contributed by atoms with Crippen LogP contribution in [0, 0.1) is 6.92 Å². The van der Waals surface area contributed by atoms with Crippen molar-refractivity contribution in [2.45, 2.75) is 32.2 Å². The van der Waals surface area contributed by atoms with E-state index in [4.69, 9.17) is 9.85 Å². The Bertz CT molecular complexity index is 952. The summed E-state index contributed by atoms with van der Waals surface area (Å²) in [6.07, 6.45) is -3.02. The molecule has 1 fully saturated rings. The fourth-order valence-electron chi connectivity index (χ4n) is 2.54. The molecule has 1 aromatic carbocycles. The van der Waals surface area contributed by atoms with Crippen molar-refractivity contribution in [1.82, 2.24) is 9.55 Å². The van der Waals surface area contributed by atoms with Gasteiger partial charge >= 0.3 is 0 Å². The number of aryl methyl sites for hydroxylation is 1. The summed E-state index contributed by atoms with van der Waals surface area (Å²) in [5.41, 5.74) is 5.44. The molecule has 2 N–H and O–H groups in total. The number of benzene rings is 1. The molecule has 0 saturated heterocycles. The van der Waals surface area contributed by atoms with E-state index >= 15 is 0 Å². The molecule has 0 radical (unpaired) electrons. The molecule has 1 aromatic heterocycles. The molecular formula is C15H15N3O3. The molecular weight excluding hydrogens is 270 g/mol. The Kier molecular flexibility index (Phi) is 2.35. The van der Waals surface area contributed by atoms with E-state index in [-0.39, 0.29) is 28.5 Å². The Labute approximate surface area is 124 Å². The van der Waals surface area contributed by atoms with Gasteiger partial charge in [-0.25, -0.2) is 4.98 Å². The second-order valence-corrected chi connectivity index (χ2v) is 4.97. The number of hydrogen-bond donors (Lipinski definition) is 1. The van der Waals surface area contributed by atoms with E-state index in [0.29, 0.717) is 0 Å². The van der Waals surface area contributed by atoms with E-state index in [1.54, 1.807) is 0 Å². The Morgan fingerprint density at radius 2 is 2.19 bits per heavy atom. The van der Waals surface area contributed by atoms with Crippen molar-refractivity contribution in [2.75, 3.05) is 5.73 Å². The summed E-state index contributed by atoms with van der Waals surface area (Å²) in [7, 11) is 0. The molecule has 1 aliphatic rings. The van der Waals surface area contributed by atoms with Gasteiger partial charge in [0.2, 0.25) is 0 Å². The molecule has 0 aliphatic heterocycles. The molecule has 21 heavy (non-hydrogen) atoms. The topological polar surface area (TPSA) is 95.0 Å². The van der Waals surface area contributed by atoms with Gasteiger partial charge in [-0.05, 0) is 25.4 Å². The average molecular weight is 288 g/mol. The number of aromatic nitrogens is 2. The average Bonchev–Trinajstić information content (AvgIpc) is 2.39. The van der Waals surface area contributed by atoms with Crippen LogP contribution >= 0.6 is 0 Å². The minimum atomic E-state index is -2.18. The fraction of sp³-hybridized carbons (Fsp3) is 0.333. The SMILES string of the molecule is [2H]c1cc(N)c2c(=O)n(C3C(=O)CC(=O)CC3([2H])[2H])c(C)nc2c1. The van der Waals surface area contributed by atoms with Crippen LogP contribution in [0.4, 0.5) is 5.69 Å². The molecule has 6 nitrogen and oxygen atoms in total. The highest BCUT2D eigenvalue weighted by Crippen LogP contribution is 2.24. The highest BCUT2D eigenvalue weighted by molar-refractivity contribution is 6.03. The number of Topliss-reactive ketones (excluding diaryl/α,β-unsaturated/α-hetero) is 2. The first-order chi connectivity index (χ1) is 11.1. The molecule has 0 spiro atoms. The van der Waals surface area contributed by atoms with Gasteiger partial charge in [0.05, 0.1) is 24.7 Å². The van der Waals surface area contributed by atoms with E-state index in [2.05, 4.69) is 4.98 Å². The minimum Gasteiger partial charge on any atom is -0.398 e. The Balaban J connectivity index is 2.33. The third-order valence-electron chi connectivity index (χ3n) is 3.49. The Morgan fingerprint density at radius 3 is 2.90 bits per heavy atom. The number of nitrogens with zero attached hydrogens (tertiary/aromatic N) is 2. The predicted octanol–water partition coefficient (Wildman–Crippen LogP) is 1.15. The van der Waals surface area contributed by atoms with Gasteiger partial charge in [-0.3, -0.25) is 19.0 Å². The molecule has 6 heteroatoms. The van der Waals surface area contributed by atoms with Crippen LogP contribution in [0.1, 0.15) is 35.2 Å². The summed E-state index contributed by atoms with van der Waals surface area (Å²) in [4.78, 5) is 40.9. The predicted molar refractivity (Wildman–Crippen MR) is 78.1 cm³/mol. The number of nitrogens with two attached hydrogens (primary N) is 1. The summed E-state index contributed by atoms with van der Waals surface area (Å²) in [5.74, 6) is -1.01. The van der Waals surface area contributed by atoms with E-state index in [1.807, 2.05) is 0 Å². The maximum Gasteiger partial charge on any atom is 0.264 e. The molecule has 1 atom stereocenters. The number of fused-ring (bicyclic) bond motifs is 1. The lowest BCUT2D eigenvalue weighted by atomic mass is 9.92. The maximum atomic E-state index is 12.9. The molecule has 1 unspecified atom stereocenters. The maximum absolute atomic E-state index is 12.9. The van der Waals surface area contributed by atoms with Crippen LogP contribution in [-0.2, 0) is 9.59 Å². The van der Waals surface area contributed by atoms with Crippen molar-refractivity contribution in [1.29, 1.82) is 0 Å². The zero-order valence-electron chi connectivity index (χ0n) is 14.3. The van der Waals surface area contributed by atoms with Crippen LogP contribution < -0.4 is 11.3 Å². The molecule has 1 saturated carbocycles. The first-order valence-electron chi connectivity index (χ1n) is 7.95. The van der Waals surface area contributed by atoms with Gasteiger partial charge in [0.1, 0.15) is 11.6 Å². The first-order valence-corrected chi connectivity index (χ1v) is 6.45. The van der Waals surface area contributed by atoms with E-state index in [9.17, 15) is 14.4 Å². The molecule has 108 valence electrons. The van der Waals surface area contributed by atoms with Gasteiger partial charge in [0, 0.05) is 14.8 Å². The number of anilines is 1. The normalized spacial score (nSPS) is 23.7. The van der Waals surface area contributed by atoms with Crippen LogP contribution in [0.5, 0.6) is 0 Å². The zero-order chi connectivity index (χ0) is 17.8. The minimum absolute atomic E-state index is 0.0390. The molecule has 2 aromatic rings. The zero-order valence-corrected chi connectivity index (χ0v) is 11.3. The lowest BCUT2D eigenvalue weighted by Gasteiger charge is -2.24. The van der Waals surface area contributed by atoms with Crippen molar-refractivity contribution in [3.63, 3.8) is 0 Å². The summed E-state index contributed by atoms with van der Waals surface area (Å²) in [5, 5.41) is 0.0390. The van der Waals surface area contributed by atoms with Crippen LogP contribution in [0.3, 0.4) is 0 Å². The molecule has 3 rings (SSSR count). The fourth-order valence-corrected chi connectivity index (χ4v) is 2.54. The number of ketones is 2. The number of nitrogen functional groups attached to an aromatic ring is 1. The molecule has 0 amide bonds. The van der Waals surface area contributed by atoms with E-state index < -0.39 is 42.4 Å². The van der Waals surface area contributed by atoms with E-state index in [0.717, 1.165) is 4.57 Å². The van der Waals surface area contributed by atoms with Gasteiger partial charge in [-0.15, -0.1) is 0 Å². The number of hydrogen-bond acceptors (Lipinski definition) is 5. The van der Waals surface area contributed by atoms with Crippen molar-refractivity contribution >= 4 is 28.2 Å². The smallest absolute Gasteiger partial charge is 0.264 e. The van der Waals surface area contributed by atoms with E-state index in [1.165, 1.54) is 19.1 Å². The van der Waals surface area contributed by atoms with Gasteiger partial charge in [-0.1, -0.05) is 6.04 Å². The van der Waals surface area contributed by atoms with Gasteiger partial charge < -0.3 is 5.73 Å². The number of rotatable bonds is 1. The quantitative estimate of drug-likeness (QED) is 0.627. The largest absolute Gasteiger partial charge is 0.398 e. The molecule has 1 heterocycles. The standard InChI is InChI=1S/C15H15N3O3/c1-8-17-11-4-2-3-10(16)14(11)15(21)18(8)12-6-5-9(19)7-13(12)20/h2-4,12H,5-7,16H2,1H3/i2D,6D2. The van der Waals surface area contributed by atoms with Gasteiger partial charge in [0.25, 0.3) is 5.56 Å². The Hall–Kier alpha value is -2.50. The van der Waals surface area contributed by atoms with Gasteiger partial charge in [-0.2, -0.15) is 0 Å². The molecule has 1 aliphatic carbocycles. The van der Waals surface area contributed by atoms with Crippen molar-refractivity contribution in [3.05, 3.63) is 34.4 Å². The molecule has 0 bridgehead atoms. The van der Waals surface area contributed by atoms with Crippen LogP contribution in [0.25, 0.3) is 10.9 Å². The summed E-state index contributed by atoms with van der Waals surface area (Å²) in [6.45, 7) is 1.48. The lowest BCUT2D eigenvalue weighted by Crippen LogP contribution is -2.36. The summed E-state index contributed by atoms with van der Waals surface area (Å²) < 4.78 is 24.7. The number of carbonyl (C=O) groups is 2. The highest BCUT2D eigenvalue weighted by atomic mass is 16.2. The van der Waals surface area contributed by atoms with Crippen LogP contribution in [-0.4, -0.2) is 21.1 Å². The Morgan fingerprint density at radius 1 is 1.43 bits per heavy atom. The van der Waals surface area contributed by atoms with Crippen molar-refractivity contribution in [2.24, 2.45) is 0 Å². The summed E-state index contributed by atoms with van der Waals surface area (Å²) >= 11 is 0. The lowest BCUT2D eigenvalue weighted by molar-refractivity contribution is -0.132. The summed E-state index contributed by atoms with van der Waals surface area (Å²) in [6, 6.07) is 1.35. The second-order valence-electron chi connectivity index (χ2n) is 4.97. The van der Waals surface area contributed by atoms with Crippen molar-refractivity contribution in [3.8, 4) is 0 Å². The van der Waals surface area contributed by atoms with Crippen LogP contribution in [0.2, 0.25) is 0 Å².